The van der Waals surface area contributed by atoms with Gasteiger partial charge in [-0.05, 0) is 55.8 Å². The third-order valence-corrected chi connectivity index (χ3v) is 3.67. The van der Waals surface area contributed by atoms with E-state index in [1.807, 2.05) is 30.3 Å². The number of benzene rings is 2. The van der Waals surface area contributed by atoms with Crippen LogP contribution >= 0.6 is 11.6 Å². The lowest BCUT2D eigenvalue weighted by Gasteiger charge is -2.17. The van der Waals surface area contributed by atoms with Crippen LogP contribution in [-0.4, -0.2) is 18.5 Å². The van der Waals surface area contributed by atoms with Crippen LogP contribution in [0.5, 0.6) is 0 Å². The van der Waals surface area contributed by atoms with E-state index in [2.05, 4.69) is 30.1 Å². The Morgan fingerprint density at radius 2 is 1.75 bits per heavy atom. The van der Waals surface area contributed by atoms with Crippen LogP contribution in [0.4, 0.5) is 5.69 Å². The Kier molecular flexibility index (Phi) is 5.45. The molecule has 0 bridgehead atoms. The second kappa shape index (κ2) is 7.32. The molecule has 20 heavy (non-hydrogen) atoms. The minimum Gasteiger partial charge on any atom is -0.398 e. The van der Waals surface area contributed by atoms with E-state index >= 15 is 0 Å². The topological polar surface area (TPSA) is 29.3 Å². The van der Waals surface area contributed by atoms with Gasteiger partial charge in [0.1, 0.15) is 0 Å². The van der Waals surface area contributed by atoms with Gasteiger partial charge in [-0.2, -0.15) is 0 Å². The third kappa shape index (κ3) is 4.55. The van der Waals surface area contributed by atoms with E-state index in [-0.39, 0.29) is 0 Å². The normalized spacial score (nSPS) is 10.9. The number of hydrogen-bond acceptors (Lipinski definition) is 2. The van der Waals surface area contributed by atoms with E-state index in [4.69, 9.17) is 17.3 Å². The molecule has 0 saturated heterocycles. The lowest BCUT2D eigenvalue weighted by molar-refractivity contribution is 0.323. The van der Waals surface area contributed by atoms with Gasteiger partial charge < -0.3 is 10.6 Å². The number of nitrogens with two attached hydrogens (primary N) is 1. The number of hydrogen-bond donors (Lipinski definition) is 1. The summed E-state index contributed by atoms with van der Waals surface area (Å²) in [6.45, 7) is 1.95. The van der Waals surface area contributed by atoms with Crippen LogP contribution in [0.2, 0.25) is 5.02 Å². The minimum atomic E-state index is 0.797. The molecule has 0 radical (unpaired) electrons. The number of aryl methyl sites for hydroxylation is 1. The maximum absolute atomic E-state index is 5.96. The number of nitrogens with zero attached hydrogens (tertiary/aromatic N) is 1. The molecule has 0 aliphatic carbocycles. The second-order valence-corrected chi connectivity index (χ2v) is 5.60. The van der Waals surface area contributed by atoms with E-state index in [0.29, 0.717) is 0 Å². The monoisotopic (exact) mass is 288 g/mol. The highest BCUT2D eigenvalue weighted by atomic mass is 35.5. The summed E-state index contributed by atoms with van der Waals surface area (Å²) in [6, 6.07) is 16.1. The fourth-order valence-electron chi connectivity index (χ4n) is 2.25. The van der Waals surface area contributed by atoms with Crippen LogP contribution in [0.25, 0.3) is 0 Å². The summed E-state index contributed by atoms with van der Waals surface area (Å²) in [5.74, 6) is 0. The van der Waals surface area contributed by atoms with E-state index < -0.39 is 0 Å². The molecule has 0 aromatic heterocycles. The average molecular weight is 289 g/mol. The molecule has 2 nitrogen and oxygen atoms in total. The van der Waals surface area contributed by atoms with Gasteiger partial charge in [-0.1, -0.05) is 41.9 Å². The molecule has 0 heterocycles. The summed E-state index contributed by atoms with van der Waals surface area (Å²) in [6.07, 6.45) is 2.21. The molecule has 0 unspecified atom stereocenters. The van der Waals surface area contributed by atoms with E-state index in [9.17, 15) is 0 Å². The number of rotatable bonds is 6. The molecule has 3 heteroatoms. The van der Waals surface area contributed by atoms with Gasteiger partial charge in [0.15, 0.2) is 0 Å². The first-order chi connectivity index (χ1) is 9.65. The van der Waals surface area contributed by atoms with E-state index in [1.165, 1.54) is 11.1 Å². The van der Waals surface area contributed by atoms with Crippen LogP contribution < -0.4 is 5.73 Å². The van der Waals surface area contributed by atoms with Crippen molar-refractivity contribution in [2.24, 2.45) is 0 Å². The van der Waals surface area contributed by atoms with Gasteiger partial charge in [0.05, 0.1) is 0 Å². The first-order valence-corrected chi connectivity index (χ1v) is 7.29. The van der Waals surface area contributed by atoms with Crippen molar-refractivity contribution in [3.8, 4) is 0 Å². The number of anilines is 1. The predicted octanol–water partition coefficient (Wildman–Crippen LogP) is 3.99. The highest BCUT2D eigenvalue weighted by Crippen LogP contribution is 2.14. The van der Waals surface area contributed by atoms with Crippen LogP contribution in [0, 0.1) is 0 Å². The molecule has 0 amide bonds. The van der Waals surface area contributed by atoms with Gasteiger partial charge in [0, 0.05) is 17.3 Å². The average Bonchev–Trinajstić information content (AvgIpc) is 2.44. The molecule has 106 valence electrons. The summed E-state index contributed by atoms with van der Waals surface area (Å²) in [4.78, 5) is 2.31. The quantitative estimate of drug-likeness (QED) is 0.815. The summed E-state index contributed by atoms with van der Waals surface area (Å²) < 4.78 is 0. The highest BCUT2D eigenvalue weighted by Gasteiger charge is 2.03. The van der Waals surface area contributed by atoms with Crippen LogP contribution in [0.3, 0.4) is 0 Å². The SMILES string of the molecule is CN(CCCc1ccc(Cl)cc1)Cc1ccccc1N. The largest absolute Gasteiger partial charge is 0.398 e. The summed E-state index contributed by atoms with van der Waals surface area (Å²) in [5.41, 5.74) is 9.37. The smallest absolute Gasteiger partial charge is 0.0406 e. The van der Waals surface area contributed by atoms with Crippen molar-refractivity contribution in [3.63, 3.8) is 0 Å². The van der Waals surface area contributed by atoms with Gasteiger partial charge >= 0.3 is 0 Å². The lowest BCUT2D eigenvalue weighted by Crippen LogP contribution is -2.20. The Bertz CT molecular complexity index is 537. The zero-order valence-corrected chi connectivity index (χ0v) is 12.6. The van der Waals surface area contributed by atoms with Crippen molar-refractivity contribution in [1.29, 1.82) is 0 Å². The number of nitrogen functional groups attached to an aromatic ring is 1. The molecule has 0 atom stereocenters. The first kappa shape index (κ1) is 14.9. The Morgan fingerprint density at radius 1 is 1.05 bits per heavy atom. The zero-order chi connectivity index (χ0) is 14.4. The van der Waals surface area contributed by atoms with Gasteiger partial charge in [-0.25, -0.2) is 0 Å². The molecule has 0 saturated carbocycles. The van der Waals surface area contributed by atoms with E-state index in [0.717, 1.165) is 36.6 Å². The first-order valence-electron chi connectivity index (χ1n) is 6.91. The Labute approximate surface area is 126 Å². The fraction of sp³-hybridized carbons (Fsp3) is 0.294. The van der Waals surface area contributed by atoms with Gasteiger partial charge in [-0.3, -0.25) is 0 Å². The van der Waals surface area contributed by atoms with Crippen molar-refractivity contribution in [2.75, 3.05) is 19.3 Å². The maximum Gasteiger partial charge on any atom is 0.0406 e. The highest BCUT2D eigenvalue weighted by molar-refractivity contribution is 6.30. The second-order valence-electron chi connectivity index (χ2n) is 5.17. The molecule has 0 spiro atoms. The number of para-hydroxylation sites is 1. The van der Waals surface area contributed by atoms with Crippen LogP contribution in [0.1, 0.15) is 17.5 Å². The van der Waals surface area contributed by atoms with Crippen molar-refractivity contribution in [3.05, 3.63) is 64.7 Å². The third-order valence-electron chi connectivity index (χ3n) is 3.41. The number of halogens is 1. The minimum absolute atomic E-state index is 0.797. The Morgan fingerprint density at radius 3 is 2.45 bits per heavy atom. The summed E-state index contributed by atoms with van der Waals surface area (Å²) >= 11 is 5.88. The lowest BCUT2D eigenvalue weighted by atomic mass is 10.1. The Balaban J connectivity index is 1.76. The Hall–Kier alpha value is -1.51. The van der Waals surface area contributed by atoms with E-state index in [1.54, 1.807) is 0 Å². The molecule has 2 aromatic rings. The molecule has 0 fully saturated rings. The summed E-state index contributed by atoms with van der Waals surface area (Å²) in [5, 5.41) is 0.797. The predicted molar refractivity (Wildman–Crippen MR) is 87.0 cm³/mol. The molecular formula is C17H21ClN2. The van der Waals surface area contributed by atoms with Gasteiger partial charge in [0.2, 0.25) is 0 Å². The van der Waals surface area contributed by atoms with Crippen molar-refractivity contribution < 1.29 is 0 Å². The summed E-state index contributed by atoms with van der Waals surface area (Å²) in [7, 11) is 2.13. The maximum atomic E-state index is 5.96. The molecule has 2 rings (SSSR count). The van der Waals surface area contributed by atoms with Crippen LogP contribution in [-0.2, 0) is 13.0 Å². The van der Waals surface area contributed by atoms with Crippen molar-refractivity contribution >= 4 is 17.3 Å². The molecule has 2 N–H and O–H groups in total. The molecular weight excluding hydrogens is 268 g/mol. The fourth-order valence-corrected chi connectivity index (χ4v) is 2.38. The van der Waals surface area contributed by atoms with Crippen molar-refractivity contribution in [1.82, 2.24) is 4.90 Å². The zero-order valence-electron chi connectivity index (χ0n) is 11.8. The van der Waals surface area contributed by atoms with Crippen LogP contribution in [0.15, 0.2) is 48.5 Å². The van der Waals surface area contributed by atoms with Gasteiger partial charge in [0.25, 0.3) is 0 Å². The molecule has 0 aliphatic heterocycles. The van der Waals surface area contributed by atoms with Crippen molar-refractivity contribution in [2.45, 2.75) is 19.4 Å². The molecule has 0 aliphatic rings. The standard InChI is InChI=1S/C17H21ClN2/c1-20(13-15-6-2-3-7-17(15)19)12-4-5-14-8-10-16(18)11-9-14/h2-3,6-11H,4-5,12-13,19H2,1H3. The molecule has 2 aromatic carbocycles. The van der Waals surface area contributed by atoms with Gasteiger partial charge in [-0.15, -0.1) is 0 Å².